The van der Waals surface area contributed by atoms with Gasteiger partial charge in [-0.2, -0.15) is 0 Å². The van der Waals surface area contributed by atoms with Crippen molar-refractivity contribution in [2.24, 2.45) is 0 Å². The average molecular weight is 248 g/mol. The molecule has 15 heavy (non-hydrogen) atoms. The Bertz CT molecular complexity index is 348. The predicted molar refractivity (Wildman–Crippen MR) is 62.0 cm³/mol. The quantitative estimate of drug-likeness (QED) is 0.890. The standard InChI is InChI=1S/C10H11Cl2NO2/c1-13(3-2-10(14)15)9-5-7(11)4-8(12)6-9/h4-6H,2-3H2,1H3,(H,14,15). The van der Waals surface area contributed by atoms with Crippen LogP contribution in [0.4, 0.5) is 5.69 Å². The zero-order valence-corrected chi connectivity index (χ0v) is 9.72. The Morgan fingerprint density at radius 2 is 1.87 bits per heavy atom. The molecule has 0 amide bonds. The monoisotopic (exact) mass is 247 g/mol. The zero-order chi connectivity index (χ0) is 11.4. The second-order valence-corrected chi connectivity index (χ2v) is 4.07. The molecule has 0 aliphatic carbocycles. The van der Waals surface area contributed by atoms with Crippen molar-refractivity contribution >= 4 is 34.9 Å². The highest BCUT2D eigenvalue weighted by atomic mass is 35.5. The van der Waals surface area contributed by atoms with Gasteiger partial charge in [0.1, 0.15) is 0 Å². The molecule has 0 unspecified atom stereocenters. The molecule has 1 N–H and O–H groups in total. The fourth-order valence-corrected chi connectivity index (χ4v) is 1.67. The highest BCUT2D eigenvalue weighted by molar-refractivity contribution is 6.35. The predicted octanol–water partition coefficient (Wildman–Crippen LogP) is 2.90. The van der Waals surface area contributed by atoms with Gasteiger partial charge in [-0.1, -0.05) is 23.2 Å². The molecule has 82 valence electrons. The third-order valence-electron chi connectivity index (χ3n) is 1.95. The van der Waals surface area contributed by atoms with Gasteiger partial charge >= 0.3 is 5.97 Å². The number of carbonyl (C=O) groups is 1. The Labute approximate surface area is 98.2 Å². The normalized spacial score (nSPS) is 10.1. The van der Waals surface area contributed by atoms with E-state index in [1.54, 1.807) is 30.1 Å². The molecular formula is C10H11Cl2NO2. The molecule has 0 saturated heterocycles. The number of benzene rings is 1. The Hall–Kier alpha value is -0.930. The van der Waals surface area contributed by atoms with Crippen molar-refractivity contribution in [3.05, 3.63) is 28.2 Å². The van der Waals surface area contributed by atoms with Crippen molar-refractivity contribution in [2.45, 2.75) is 6.42 Å². The Balaban J connectivity index is 2.72. The van der Waals surface area contributed by atoms with Gasteiger partial charge in [-0.25, -0.2) is 0 Å². The number of nitrogens with zero attached hydrogens (tertiary/aromatic N) is 1. The first-order valence-electron chi connectivity index (χ1n) is 4.38. The van der Waals surface area contributed by atoms with Crippen LogP contribution in [0, 0.1) is 0 Å². The molecule has 0 atom stereocenters. The number of rotatable bonds is 4. The lowest BCUT2D eigenvalue weighted by Crippen LogP contribution is -2.20. The van der Waals surface area contributed by atoms with Crippen LogP contribution in [-0.4, -0.2) is 24.7 Å². The molecule has 3 nitrogen and oxygen atoms in total. The first-order valence-corrected chi connectivity index (χ1v) is 5.13. The van der Waals surface area contributed by atoms with Gasteiger partial charge < -0.3 is 10.0 Å². The van der Waals surface area contributed by atoms with Crippen molar-refractivity contribution in [2.75, 3.05) is 18.5 Å². The number of aliphatic carboxylic acids is 1. The largest absolute Gasteiger partial charge is 0.481 e. The molecule has 0 aliphatic rings. The van der Waals surface area contributed by atoms with E-state index in [4.69, 9.17) is 28.3 Å². The topological polar surface area (TPSA) is 40.5 Å². The van der Waals surface area contributed by atoms with Crippen LogP contribution in [0.3, 0.4) is 0 Å². The summed E-state index contributed by atoms with van der Waals surface area (Å²) in [4.78, 5) is 12.2. The van der Waals surface area contributed by atoms with E-state index in [0.717, 1.165) is 5.69 Å². The van der Waals surface area contributed by atoms with Crippen LogP contribution in [0.2, 0.25) is 10.0 Å². The summed E-state index contributed by atoms with van der Waals surface area (Å²) in [6.07, 6.45) is 0.0840. The summed E-state index contributed by atoms with van der Waals surface area (Å²) in [6, 6.07) is 5.13. The van der Waals surface area contributed by atoms with Gasteiger partial charge in [0.25, 0.3) is 0 Å². The smallest absolute Gasteiger partial charge is 0.305 e. The third-order valence-corrected chi connectivity index (χ3v) is 2.39. The van der Waals surface area contributed by atoms with E-state index in [2.05, 4.69) is 0 Å². The number of hydrogen-bond donors (Lipinski definition) is 1. The van der Waals surface area contributed by atoms with E-state index in [9.17, 15) is 4.79 Å². The minimum atomic E-state index is -0.824. The SMILES string of the molecule is CN(CCC(=O)O)c1cc(Cl)cc(Cl)c1. The number of hydrogen-bond acceptors (Lipinski definition) is 2. The highest BCUT2D eigenvalue weighted by Gasteiger charge is 2.05. The van der Waals surface area contributed by atoms with Gasteiger partial charge in [-0.05, 0) is 18.2 Å². The summed E-state index contributed by atoms with van der Waals surface area (Å²) in [5.74, 6) is -0.824. The van der Waals surface area contributed by atoms with Crippen LogP contribution in [0.5, 0.6) is 0 Å². The van der Waals surface area contributed by atoms with Gasteiger partial charge in [-0.3, -0.25) is 4.79 Å². The van der Waals surface area contributed by atoms with Crippen molar-refractivity contribution in [3.8, 4) is 0 Å². The first kappa shape index (κ1) is 12.1. The molecular weight excluding hydrogens is 237 g/mol. The molecule has 0 bridgehead atoms. The van der Waals surface area contributed by atoms with Crippen LogP contribution < -0.4 is 4.90 Å². The van der Waals surface area contributed by atoms with Crippen LogP contribution in [0.25, 0.3) is 0 Å². The lowest BCUT2D eigenvalue weighted by Gasteiger charge is -2.18. The molecule has 0 fully saturated rings. The summed E-state index contributed by atoms with van der Waals surface area (Å²) in [5, 5.41) is 9.62. The summed E-state index contributed by atoms with van der Waals surface area (Å²) < 4.78 is 0. The minimum Gasteiger partial charge on any atom is -0.481 e. The second-order valence-electron chi connectivity index (χ2n) is 3.19. The Kier molecular flexibility index (Phi) is 4.24. The lowest BCUT2D eigenvalue weighted by molar-refractivity contribution is -0.136. The van der Waals surface area contributed by atoms with Gasteiger partial charge in [0.05, 0.1) is 6.42 Å². The molecule has 0 aromatic heterocycles. The van der Waals surface area contributed by atoms with Gasteiger partial charge in [0.2, 0.25) is 0 Å². The Morgan fingerprint density at radius 1 is 1.33 bits per heavy atom. The average Bonchev–Trinajstić information content (AvgIpc) is 2.12. The number of halogens is 2. The van der Waals surface area contributed by atoms with Gasteiger partial charge in [0.15, 0.2) is 0 Å². The fourth-order valence-electron chi connectivity index (χ4n) is 1.15. The lowest BCUT2D eigenvalue weighted by atomic mass is 10.3. The van der Waals surface area contributed by atoms with Crippen LogP contribution in [0.15, 0.2) is 18.2 Å². The second kappa shape index (κ2) is 5.24. The maximum absolute atomic E-state index is 10.4. The van der Waals surface area contributed by atoms with E-state index < -0.39 is 5.97 Å². The summed E-state index contributed by atoms with van der Waals surface area (Å²) in [7, 11) is 1.80. The molecule has 0 saturated carbocycles. The molecule has 0 radical (unpaired) electrons. The van der Waals surface area contributed by atoms with E-state index in [-0.39, 0.29) is 6.42 Å². The highest BCUT2D eigenvalue weighted by Crippen LogP contribution is 2.24. The van der Waals surface area contributed by atoms with Gasteiger partial charge in [-0.15, -0.1) is 0 Å². The number of anilines is 1. The van der Waals surface area contributed by atoms with Crippen LogP contribution in [-0.2, 0) is 4.79 Å². The summed E-state index contributed by atoms with van der Waals surface area (Å²) in [5.41, 5.74) is 0.814. The maximum atomic E-state index is 10.4. The number of carboxylic acid groups (broad SMARTS) is 1. The molecule has 1 rings (SSSR count). The van der Waals surface area contributed by atoms with Crippen molar-refractivity contribution < 1.29 is 9.90 Å². The number of carboxylic acids is 1. The third kappa shape index (κ3) is 3.98. The van der Waals surface area contributed by atoms with Gasteiger partial charge in [0, 0.05) is 29.3 Å². The van der Waals surface area contributed by atoms with Crippen molar-refractivity contribution in [3.63, 3.8) is 0 Å². The van der Waals surface area contributed by atoms with Crippen molar-refractivity contribution in [1.29, 1.82) is 0 Å². The van der Waals surface area contributed by atoms with Crippen LogP contribution >= 0.6 is 23.2 Å². The summed E-state index contributed by atoms with van der Waals surface area (Å²) >= 11 is 11.7. The van der Waals surface area contributed by atoms with Crippen LogP contribution in [0.1, 0.15) is 6.42 Å². The summed E-state index contributed by atoms with van der Waals surface area (Å²) in [6.45, 7) is 0.423. The molecule has 5 heteroatoms. The van der Waals surface area contributed by atoms with E-state index in [1.807, 2.05) is 0 Å². The molecule has 0 heterocycles. The van der Waals surface area contributed by atoms with Crippen molar-refractivity contribution in [1.82, 2.24) is 0 Å². The van der Waals surface area contributed by atoms with E-state index >= 15 is 0 Å². The zero-order valence-electron chi connectivity index (χ0n) is 8.20. The first-order chi connectivity index (χ1) is 6.99. The van der Waals surface area contributed by atoms with E-state index in [0.29, 0.717) is 16.6 Å². The maximum Gasteiger partial charge on any atom is 0.305 e. The molecule has 0 spiro atoms. The van der Waals surface area contributed by atoms with E-state index in [1.165, 1.54) is 0 Å². The minimum absolute atomic E-state index is 0.0840. The fraction of sp³-hybridized carbons (Fsp3) is 0.300. The molecule has 0 aliphatic heterocycles. The Morgan fingerprint density at radius 3 is 2.33 bits per heavy atom. The molecule has 1 aromatic carbocycles. The molecule has 1 aromatic rings.